The van der Waals surface area contributed by atoms with Gasteiger partial charge in [-0.25, -0.2) is 4.98 Å². The van der Waals surface area contributed by atoms with Gasteiger partial charge in [-0.2, -0.15) is 15.0 Å². The highest BCUT2D eigenvalue weighted by atomic mass is 35.5. The van der Waals surface area contributed by atoms with Crippen molar-refractivity contribution in [2.75, 3.05) is 13.1 Å². The summed E-state index contributed by atoms with van der Waals surface area (Å²) in [6, 6.07) is 19.7. The van der Waals surface area contributed by atoms with Crippen molar-refractivity contribution in [1.29, 1.82) is 0 Å². The minimum atomic E-state index is -0.256. The molecule has 3 aromatic carbocycles. The van der Waals surface area contributed by atoms with E-state index in [1.807, 2.05) is 63.2 Å². The van der Waals surface area contributed by atoms with Crippen LogP contribution in [0.2, 0.25) is 5.02 Å². The van der Waals surface area contributed by atoms with Crippen LogP contribution >= 0.6 is 11.6 Å². The monoisotopic (exact) mass is 667 g/mol. The molecular weight excluding hydrogens is 630 g/mol. The van der Waals surface area contributed by atoms with Gasteiger partial charge in [-0.1, -0.05) is 35.9 Å². The quantitative estimate of drug-likeness (QED) is 0.186. The first-order valence-corrected chi connectivity index (χ1v) is 16.5. The Morgan fingerprint density at radius 2 is 1.69 bits per heavy atom. The second kappa shape index (κ2) is 14.5. The first kappa shape index (κ1) is 33.0. The molecule has 0 bridgehead atoms. The molecule has 0 spiro atoms. The van der Waals surface area contributed by atoms with E-state index in [1.165, 1.54) is 17.2 Å². The Labute approximate surface area is 283 Å². The number of carbonyl (C=O) groups excluding carboxylic acids is 2. The number of ether oxygens (including phenoxy) is 1. The molecule has 12 heteroatoms. The molecule has 11 nitrogen and oxygen atoms in total. The Kier molecular flexibility index (Phi) is 9.98. The van der Waals surface area contributed by atoms with Crippen LogP contribution in [0.5, 0.6) is 5.75 Å². The van der Waals surface area contributed by atoms with Crippen LogP contribution in [0.25, 0.3) is 16.6 Å². The zero-order valence-electron chi connectivity index (χ0n) is 27.2. The number of nitrogens with one attached hydrogen (secondary N) is 1. The van der Waals surface area contributed by atoms with Gasteiger partial charge in [0.15, 0.2) is 5.78 Å². The van der Waals surface area contributed by atoms with Gasteiger partial charge in [0.05, 0.1) is 47.7 Å². The van der Waals surface area contributed by atoms with Gasteiger partial charge in [0.1, 0.15) is 18.1 Å². The molecule has 6 rings (SSSR count). The molecule has 3 heterocycles. The van der Waals surface area contributed by atoms with Crippen molar-refractivity contribution < 1.29 is 14.3 Å². The molecule has 1 saturated heterocycles. The molecule has 1 atom stereocenters. The molecule has 1 amide bonds. The first-order valence-electron chi connectivity index (χ1n) is 16.1. The number of aromatic nitrogens is 5. The van der Waals surface area contributed by atoms with Crippen LogP contribution in [0, 0.1) is 5.92 Å². The summed E-state index contributed by atoms with van der Waals surface area (Å²) in [5, 5.41) is 12.4. The summed E-state index contributed by atoms with van der Waals surface area (Å²) >= 11 is 6.03. The summed E-state index contributed by atoms with van der Waals surface area (Å²) in [6.45, 7) is 7.41. The van der Waals surface area contributed by atoms with Gasteiger partial charge in [-0.3, -0.25) is 23.9 Å². The summed E-state index contributed by atoms with van der Waals surface area (Å²) in [7, 11) is 0. The zero-order chi connectivity index (χ0) is 33.8. The van der Waals surface area contributed by atoms with Crippen LogP contribution in [-0.2, 0) is 17.9 Å². The Hall–Kier alpha value is -4.87. The molecule has 0 saturated carbocycles. The van der Waals surface area contributed by atoms with E-state index in [1.54, 1.807) is 28.8 Å². The number of carbonyl (C=O) groups is 2. The van der Waals surface area contributed by atoms with Gasteiger partial charge >= 0.3 is 0 Å². The number of likely N-dealkylation sites (tertiary alicyclic amines) is 1. The number of fused-ring (bicyclic) bond motifs is 1. The number of hydrogen-bond donors (Lipinski definition) is 1. The van der Waals surface area contributed by atoms with Crippen LogP contribution in [0.1, 0.15) is 61.4 Å². The van der Waals surface area contributed by atoms with Gasteiger partial charge in [-0.15, -0.1) is 0 Å². The number of Topliss-reactive ketones (excluding diaryl/α,β-unsaturated/α-hetero) is 1. The maximum atomic E-state index is 14.2. The second-order valence-corrected chi connectivity index (χ2v) is 12.8. The lowest BCUT2D eigenvalue weighted by atomic mass is 9.95. The molecule has 1 aliphatic heterocycles. The molecule has 1 N–H and O–H groups in total. The van der Waals surface area contributed by atoms with Crippen LogP contribution in [0.15, 0.2) is 83.9 Å². The maximum Gasteiger partial charge on any atom is 0.266 e. The fourth-order valence-electron chi connectivity index (χ4n) is 6.02. The van der Waals surface area contributed by atoms with E-state index in [2.05, 4.69) is 20.4 Å². The number of benzene rings is 3. The van der Waals surface area contributed by atoms with E-state index in [4.69, 9.17) is 21.3 Å². The van der Waals surface area contributed by atoms with E-state index < -0.39 is 0 Å². The van der Waals surface area contributed by atoms with E-state index in [-0.39, 0.29) is 41.9 Å². The number of piperidine rings is 1. The van der Waals surface area contributed by atoms with E-state index in [9.17, 15) is 14.4 Å². The molecule has 1 aliphatic rings. The van der Waals surface area contributed by atoms with Crippen molar-refractivity contribution in [3.05, 3.63) is 111 Å². The SMILES string of the molecule is CC(C)Oc1ccc(C(=O)Cn2nccn2)cc1-n1c(CN2CCC(C(=O)NC(C)c3ccc(Cl)cc3)CC2)nc2ccccc2c1=O. The summed E-state index contributed by atoms with van der Waals surface area (Å²) in [5.41, 5.74) is 2.15. The van der Waals surface area contributed by atoms with E-state index >= 15 is 0 Å². The Morgan fingerprint density at radius 1 is 0.979 bits per heavy atom. The summed E-state index contributed by atoms with van der Waals surface area (Å²) in [6.07, 6.45) is 4.19. The van der Waals surface area contributed by atoms with Crippen molar-refractivity contribution in [3.63, 3.8) is 0 Å². The summed E-state index contributed by atoms with van der Waals surface area (Å²) in [5.74, 6) is 0.674. The molecule has 0 radical (unpaired) electrons. The van der Waals surface area contributed by atoms with Crippen molar-refractivity contribution >= 4 is 34.2 Å². The zero-order valence-corrected chi connectivity index (χ0v) is 27.9. The highest BCUT2D eigenvalue weighted by Crippen LogP contribution is 2.28. The van der Waals surface area contributed by atoms with Gasteiger partial charge in [0.25, 0.3) is 5.56 Å². The van der Waals surface area contributed by atoms with E-state index in [0.717, 1.165) is 5.56 Å². The molecule has 1 unspecified atom stereocenters. The summed E-state index contributed by atoms with van der Waals surface area (Å²) < 4.78 is 7.73. The maximum absolute atomic E-state index is 14.2. The number of nitrogens with zero attached hydrogens (tertiary/aromatic N) is 6. The average Bonchev–Trinajstić information content (AvgIpc) is 3.59. The number of ketones is 1. The van der Waals surface area contributed by atoms with E-state index in [0.29, 0.717) is 71.2 Å². The van der Waals surface area contributed by atoms with Crippen LogP contribution in [0.3, 0.4) is 0 Å². The van der Waals surface area contributed by atoms with Crippen molar-refractivity contribution in [1.82, 2.24) is 34.8 Å². The predicted molar refractivity (Wildman–Crippen MR) is 183 cm³/mol. The Balaban J connectivity index is 1.27. The predicted octanol–water partition coefficient (Wildman–Crippen LogP) is 5.39. The normalized spacial score (nSPS) is 14.7. The largest absolute Gasteiger partial charge is 0.489 e. The second-order valence-electron chi connectivity index (χ2n) is 12.3. The number of para-hydroxylation sites is 1. The molecule has 2 aromatic heterocycles. The number of amides is 1. The lowest BCUT2D eigenvalue weighted by molar-refractivity contribution is -0.127. The van der Waals surface area contributed by atoms with Crippen molar-refractivity contribution in [2.45, 2.75) is 58.8 Å². The highest BCUT2D eigenvalue weighted by molar-refractivity contribution is 6.30. The third-order valence-electron chi connectivity index (χ3n) is 8.53. The fourth-order valence-corrected chi connectivity index (χ4v) is 6.14. The van der Waals surface area contributed by atoms with Crippen LogP contribution in [0.4, 0.5) is 0 Å². The number of hydrogen-bond acceptors (Lipinski definition) is 8. The number of rotatable bonds is 11. The minimum absolute atomic E-state index is 0.0279. The molecule has 48 heavy (non-hydrogen) atoms. The first-order chi connectivity index (χ1) is 23.2. The molecule has 0 aliphatic carbocycles. The molecular formula is C36H38ClN7O4. The minimum Gasteiger partial charge on any atom is -0.489 e. The van der Waals surface area contributed by atoms with Gasteiger partial charge in [0.2, 0.25) is 5.91 Å². The highest BCUT2D eigenvalue weighted by Gasteiger charge is 2.28. The average molecular weight is 668 g/mol. The Bertz CT molecular complexity index is 1970. The van der Waals surface area contributed by atoms with Crippen LogP contribution in [-0.4, -0.2) is 60.3 Å². The van der Waals surface area contributed by atoms with Gasteiger partial charge in [-0.05, 0) is 94.7 Å². The third-order valence-corrected chi connectivity index (χ3v) is 8.79. The number of halogens is 1. The third kappa shape index (κ3) is 7.48. The smallest absolute Gasteiger partial charge is 0.266 e. The molecule has 5 aromatic rings. The van der Waals surface area contributed by atoms with Gasteiger partial charge in [0, 0.05) is 16.5 Å². The standard InChI is InChI=1S/C36H38ClN7O4/c1-23(2)48-33-13-10-27(32(45)21-43-38-16-17-39-43)20-31(33)44-34(41-30-7-5-4-6-29(30)36(44)47)22-42-18-14-26(15-19-42)35(46)40-24(3)25-8-11-28(37)12-9-25/h4-13,16-17,20,23-24,26H,14-15,18-19,21-22H2,1-3H3,(H,40,46). The van der Waals surface area contributed by atoms with Crippen LogP contribution < -0.4 is 15.6 Å². The van der Waals surface area contributed by atoms with Crippen molar-refractivity contribution in [2.24, 2.45) is 5.92 Å². The van der Waals surface area contributed by atoms with Gasteiger partial charge < -0.3 is 10.1 Å². The fraction of sp³-hybridized carbons (Fsp3) is 0.333. The topological polar surface area (TPSA) is 124 Å². The lowest BCUT2D eigenvalue weighted by Gasteiger charge is -2.32. The lowest BCUT2D eigenvalue weighted by Crippen LogP contribution is -2.41. The summed E-state index contributed by atoms with van der Waals surface area (Å²) in [4.78, 5) is 49.2. The molecule has 1 fully saturated rings. The van der Waals surface area contributed by atoms with Crippen molar-refractivity contribution in [3.8, 4) is 11.4 Å². The Morgan fingerprint density at radius 3 is 2.40 bits per heavy atom. The molecule has 248 valence electrons.